The second-order valence-electron chi connectivity index (χ2n) is 5.38. The van der Waals surface area contributed by atoms with Gasteiger partial charge < -0.3 is 15.1 Å². The molecule has 1 aromatic heterocycles. The monoisotopic (exact) mass is 290 g/mol. The van der Waals surface area contributed by atoms with E-state index in [1.807, 2.05) is 26.8 Å². The van der Waals surface area contributed by atoms with Gasteiger partial charge in [-0.25, -0.2) is 4.79 Å². The number of hydrogen-bond acceptors (Lipinski definition) is 3. The van der Waals surface area contributed by atoms with Crippen LogP contribution in [0.4, 0.5) is 4.79 Å². The van der Waals surface area contributed by atoms with Crippen LogP contribution in [0.5, 0.6) is 0 Å². The summed E-state index contributed by atoms with van der Waals surface area (Å²) in [6, 6.07) is 4.65. The normalized spacial score (nSPS) is 16.5. The Bertz CT molecular complexity index is 504. The van der Waals surface area contributed by atoms with E-state index in [9.17, 15) is 9.59 Å². The maximum Gasteiger partial charge on any atom is 0.321 e. The molecule has 0 aliphatic carbocycles. The average molecular weight is 290 g/mol. The van der Waals surface area contributed by atoms with E-state index >= 15 is 0 Å². The van der Waals surface area contributed by atoms with Crippen molar-refractivity contribution < 1.29 is 9.59 Å². The number of carbonyl (C=O) groups is 2. The fourth-order valence-electron chi connectivity index (χ4n) is 2.47. The molecule has 1 atom stereocenters. The molecule has 0 bridgehead atoms. The van der Waals surface area contributed by atoms with Crippen molar-refractivity contribution >= 4 is 11.9 Å². The van der Waals surface area contributed by atoms with Crippen molar-refractivity contribution in [1.82, 2.24) is 20.1 Å². The van der Waals surface area contributed by atoms with Crippen LogP contribution in [0.3, 0.4) is 0 Å². The third kappa shape index (κ3) is 3.32. The topological polar surface area (TPSA) is 65.5 Å². The van der Waals surface area contributed by atoms with E-state index < -0.39 is 6.04 Å². The Morgan fingerprint density at radius 3 is 2.67 bits per heavy atom. The van der Waals surface area contributed by atoms with Gasteiger partial charge in [0.2, 0.25) is 5.91 Å². The smallest absolute Gasteiger partial charge is 0.321 e. The van der Waals surface area contributed by atoms with E-state index in [0.29, 0.717) is 25.3 Å². The summed E-state index contributed by atoms with van der Waals surface area (Å²) in [5.41, 5.74) is 0.599. The number of nitrogens with one attached hydrogen (secondary N) is 1. The number of urea groups is 1. The van der Waals surface area contributed by atoms with Crippen LogP contribution in [0.1, 0.15) is 32.5 Å². The third-order valence-corrected chi connectivity index (χ3v) is 3.47. The molecule has 1 fully saturated rings. The number of pyridine rings is 1. The van der Waals surface area contributed by atoms with Crippen LogP contribution in [0.15, 0.2) is 24.4 Å². The van der Waals surface area contributed by atoms with Crippen molar-refractivity contribution in [1.29, 1.82) is 0 Å². The molecule has 0 radical (unpaired) electrons. The Balaban J connectivity index is 2.29. The predicted octanol–water partition coefficient (Wildman–Crippen LogP) is 1.40. The number of likely N-dealkylation sites (N-methyl/N-ethyl adjacent to an activating group) is 1. The molecule has 1 aliphatic heterocycles. The molecule has 1 aliphatic rings. The number of carbonyl (C=O) groups excluding carboxylic acids is 2. The Morgan fingerprint density at radius 2 is 2.14 bits per heavy atom. The lowest BCUT2D eigenvalue weighted by molar-refractivity contribution is -0.126. The van der Waals surface area contributed by atoms with Crippen LogP contribution >= 0.6 is 0 Å². The second-order valence-corrected chi connectivity index (χ2v) is 5.38. The molecular weight excluding hydrogens is 268 g/mol. The van der Waals surface area contributed by atoms with Gasteiger partial charge in [0.1, 0.15) is 0 Å². The highest BCUT2D eigenvalue weighted by Crippen LogP contribution is 2.24. The summed E-state index contributed by atoms with van der Waals surface area (Å²) in [5.74, 6) is -0.185. The minimum absolute atomic E-state index is 0.0173. The van der Waals surface area contributed by atoms with Crippen molar-refractivity contribution in [3.8, 4) is 0 Å². The standard InChI is InChI=1S/C15H22N4O2/c1-4-18-9-10-19(15(18)21)13(14(20)17-11(2)3)12-7-5-6-8-16-12/h5-8,11,13H,4,9-10H2,1-3H3,(H,17,20). The van der Waals surface area contributed by atoms with Crippen LogP contribution in [-0.4, -0.2) is 52.4 Å². The molecule has 0 spiro atoms. The zero-order valence-electron chi connectivity index (χ0n) is 12.7. The average Bonchev–Trinajstić information content (AvgIpc) is 2.81. The summed E-state index contributed by atoms with van der Waals surface area (Å²) in [7, 11) is 0. The first-order valence-corrected chi connectivity index (χ1v) is 7.31. The van der Waals surface area contributed by atoms with E-state index in [4.69, 9.17) is 0 Å². The van der Waals surface area contributed by atoms with Gasteiger partial charge in [0.15, 0.2) is 6.04 Å². The first-order chi connectivity index (χ1) is 10.0. The van der Waals surface area contributed by atoms with E-state index in [1.54, 1.807) is 28.1 Å². The third-order valence-electron chi connectivity index (χ3n) is 3.47. The second kappa shape index (κ2) is 6.56. The summed E-state index contributed by atoms with van der Waals surface area (Å²) in [6.45, 7) is 7.57. The molecule has 2 heterocycles. The highest BCUT2D eigenvalue weighted by molar-refractivity contribution is 5.88. The van der Waals surface area contributed by atoms with Gasteiger partial charge in [-0.15, -0.1) is 0 Å². The van der Waals surface area contributed by atoms with Gasteiger partial charge in [-0.3, -0.25) is 9.78 Å². The number of hydrogen-bond donors (Lipinski definition) is 1. The van der Waals surface area contributed by atoms with Crippen molar-refractivity contribution in [2.75, 3.05) is 19.6 Å². The SMILES string of the molecule is CCN1CCN(C(C(=O)NC(C)C)c2ccccn2)C1=O. The van der Waals surface area contributed by atoms with Crippen molar-refractivity contribution in [2.24, 2.45) is 0 Å². The maximum atomic E-state index is 12.5. The number of aromatic nitrogens is 1. The minimum atomic E-state index is -0.669. The first-order valence-electron chi connectivity index (χ1n) is 7.31. The quantitative estimate of drug-likeness (QED) is 0.891. The van der Waals surface area contributed by atoms with Crippen LogP contribution in [0, 0.1) is 0 Å². The Labute approximate surface area is 125 Å². The van der Waals surface area contributed by atoms with E-state index in [1.165, 1.54) is 0 Å². The van der Waals surface area contributed by atoms with E-state index in [0.717, 1.165) is 0 Å². The summed E-state index contributed by atoms with van der Waals surface area (Å²) in [4.78, 5) is 32.5. The molecule has 114 valence electrons. The zero-order chi connectivity index (χ0) is 15.4. The molecule has 1 unspecified atom stereocenters. The molecule has 0 aromatic carbocycles. The molecule has 2 rings (SSSR count). The first kappa shape index (κ1) is 15.3. The molecule has 3 amide bonds. The fourth-order valence-corrected chi connectivity index (χ4v) is 2.47. The van der Waals surface area contributed by atoms with Gasteiger partial charge >= 0.3 is 6.03 Å². The van der Waals surface area contributed by atoms with Crippen LogP contribution < -0.4 is 5.32 Å². The molecule has 1 saturated heterocycles. The van der Waals surface area contributed by atoms with Crippen LogP contribution in [0.2, 0.25) is 0 Å². The van der Waals surface area contributed by atoms with Crippen molar-refractivity contribution in [3.63, 3.8) is 0 Å². The molecule has 1 N–H and O–H groups in total. The minimum Gasteiger partial charge on any atom is -0.352 e. The summed E-state index contributed by atoms with van der Waals surface area (Å²) in [5, 5.41) is 2.88. The highest BCUT2D eigenvalue weighted by Gasteiger charge is 2.38. The van der Waals surface area contributed by atoms with Crippen molar-refractivity contribution in [2.45, 2.75) is 32.9 Å². The largest absolute Gasteiger partial charge is 0.352 e. The Hall–Kier alpha value is -2.11. The molecular formula is C15H22N4O2. The summed E-state index contributed by atoms with van der Waals surface area (Å²) < 4.78 is 0. The lowest BCUT2D eigenvalue weighted by atomic mass is 10.1. The number of nitrogens with zero attached hydrogens (tertiary/aromatic N) is 3. The molecule has 0 saturated carbocycles. The lowest BCUT2D eigenvalue weighted by Gasteiger charge is -2.27. The molecule has 6 nitrogen and oxygen atoms in total. The van der Waals surface area contributed by atoms with Gasteiger partial charge in [-0.1, -0.05) is 6.07 Å². The summed E-state index contributed by atoms with van der Waals surface area (Å²) in [6.07, 6.45) is 1.64. The maximum absolute atomic E-state index is 12.5. The van der Waals surface area contributed by atoms with E-state index in [-0.39, 0.29) is 18.0 Å². The molecule has 1 aromatic rings. The highest BCUT2D eigenvalue weighted by atomic mass is 16.2. The van der Waals surface area contributed by atoms with E-state index in [2.05, 4.69) is 10.3 Å². The Morgan fingerprint density at radius 1 is 1.38 bits per heavy atom. The summed E-state index contributed by atoms with van der Waals surface area (Å²) >= 11 is 0. The molecule has 6 heteroatoms. The fraction of sp³-hybridized carbons (Fsp3) is 0.533. The van der Waals surface area contributed by atoms with Gasteiger partial charge in [0, 0.05) is 31.9 Å². The lowest BCUT2D eigenvalue weighted by Crippen LogP contribution is -2.45. The van der Waals surface area contributed by atoms with Gasteiger partial charge in [-0.2, -0.15) is 0 Å². The van der Waals surface area contributed by atoms with Crippen molar-refractivity contribution in [3.05, 3.63) is 30.1 Å². The van der Waals surface area contributed by atoms with Gasteiger partial charge in [0.25, 0.3) is 0 Å². The van der Waals surface area contributed by atoms with Gasteiger partial charge in [0.05, 0.1) is 5.69 Å². The van der Waals surface area contributed by atoms with Crippen LogP contribution in [0.25, 0.3) is 0 Å². The Kier molecular flexibility index (Phi) is 4.77. The zero-order valence-corrected chi connectivity index (χ0v) is 12.7. The van der Waals surface area contributed by atoms with Gasteiger partial charge in [-0.05, 0) is 32.9 Å². The number of rotatable bonds is 5. The number of amides is 3. The molecule has 21 heavy (non-hydrogen) atoms. The predicted molar refractivity (Wildman–Crippen MR) is 79.6 cm³/mol. The van der Waals surface area contributed by atoms with Crippen LogP contribution in [-0.2, 0) is 4.79 Å².